The average molecular weight is 492 g/mol. The van der Waals surface area contributed by atoms with Crippen LogP contribution in [0.3, 0.4) is 0 Å². The maximum atomic E-state index is 13.9. The second-order valence-corrected chi connectivity index (χ2v) is 10.2. The van der Waals surface area contributed by atoms with Gasteiger partial charge in [0.15, 0.2) is 0 Å². The van der Waals surface area contributed by atoms with Gasteiger partial charge in [-0.3, -0.25) is 14.7 Å². The summed E-state index contributed by atoms with van der Waals surface area (Å²) in [7, 11) is 0. The van der Waals surface area contributed by atoms with E-state index in [1.54, 1.807) is 6.07 Å². The van der Waals surface area contributed by atoms with Crippen molar-refractivity contribution in [1.29, 1.82) is 0 Å². The van der Waals surface area contributed by atoms with Crippen LogP contribution in [-0.4, -0.2) is 72.1 Å². The lowest BCUT2D eigenvalue weighted by atomic mass is 9.93. The maximum absolute atomic E-state index is 13.9. The highest BCUT2D eigenvalue weighted by molar-refractivity contribution is 6.32. The molecule has 2 aromatic rings. The van der Waals surface area contributed by atoms with E-state index in [1.165, 1.54) is 12.1 Å². The Balaban J connectivity index is 1.25. The van der Waals surface area contributed by atoms with Crippen LogP contribution in [0.15, 0.2) is 48.4 Å². The van der Waals surface area contributed by atoms with Gasteiger partial charge in [0.25, 0.3) is 5.91 Å². The molecular formula is C28H34FN5O2. The Morgan fingerprint density at radius 3 is 2.56 bits per heavy atom. The third kappa shape index (κ3) is 5.07. The number of aromatic nitrogens is 1. The third-order valence-corrected chi connectivity index (χ3v) is 7.22. The molecule has 8 heteroatoms. The zero-order valence-corrected chi connectivity index (χ0v) is 21.0. The summed E-state index contributed by atoms with van der Waals surface area (Å²) in [6.07, 6.45) is 5.77. The zero-order valence-electron chi connectivity index (χ0n) is 21.0. The molecule has 0 unspecified atom stereocenters. The molecule has 0 spiro atoms. The van der Waals surface area contributed by atoms with Gasteiger partial charge in [0.1, 0.15) is 17.2 Å². The minimum absolute atomic E-state index is 0.284. The summed E-state index contributed by atoms with van der Waals surface area (Å²) in [5.74, 6) is -0.223. The van der Waals surface area contributed by atoms with E-state index in [0.717, 1.165) is 75.5 Å². The number of carbonyl (C=O) groups excluding carboxylic acids is 1. The number of anilines is 1. The highest BCUT2D eigenvalue weighted by atomic mass is 19.1. The van der Waals surface area contributed by atoms with Crippen LogP contribution < -0.4 is 11.1 Å². The molecule has 1 amide bonds. The predicted octanol–water partition coefficient (Wildman–Crippen LogP) is 3.29. The fourth-order valence-electron chi connectivity index (χ4n) is 5.24. The van der Waals surface area contributed by atoms with Crippen LogP contribution in [0.2, 0.25) is 0 Å². The number of ether oxygens (including phenoxy) is 1. The number of fused-ring (bicyclic) bond motifs is 1. The van der Waals surface area contributed by atoms with E-state index in [9.17, 15) is 9.18 Å². The Labute approximate surface area is 211 Å². The molecule has 36 heavy (non-hydrogen) atoms. The standard InChI is InChI=1S/C28H34FN5O2/c1-28(2)23(17-25(36-28)26-22-16-20(29)6-8-24(22)32-27(26)35)19-5-7-21(31-18-19)4-3-10-33-12-14-34(11-9-30)15-13-33/h5-8,16-18H,3-4,9-15,30H2,1-2H3,(H,32,35)/b26-25+. The molecular weight excluding hydrogens is 457 g/mol. The fourth-order valence-corrected chi connectivity index (χ4v) is 5.24. The first-order chi connectivity index (χ1) is 17.3. The lowest BCUT2D eigenvalue weighted by molar-refractivity contribution is -0.111. The first kappa shape index (κ1) is 24.6. The van der Waals surface area contributed by atoms with Crippen LogP contribution in [0, 0.1) is 5.82 Å². The van der Waals surface area contributed by atoms with Crippen LogP contribution in [0.1, 0.15) is 37.1 Å². The molecule has 3 aliphatic heterocycles. The Hall–Kier alpha value is -3.07. The Kier molecular flexibility index (Phi) is 6.92. The summed E-state index contributed by atoms with van der Waals surface area (Å²) >= 11 is 0. The van der Waals surface area contributed by atoms with Gasteiger partial charge in [-0.05, 0) is 63.6 Å². The molecule has 0 radical (unpaired) electrons. The van der Waals surface area contributed by atoms with Gasteiger partial charge in [-0.15, -0.1) is 0 Å². The molecule has 1 aromatic carbocycles. The zero-order chi connectivity index (χ0) is 25.3. The van der Waals surface area contributed by atoms with Crippen LogP contribution >= 0.6 is 0 Å². The highest BCUT2D eigenvalue weighted by Gasteiger charge is 2.38. The van der Waals surface area contributed by atoms with Gasteiger partial charge >= 0.3 is 0 Å². The number of halogens is 1. The van der Waals surface area contributed by atoms with Gasteiger partial charge in [0.2, 0.25) is 0 Å². The lowest BCUT2D eigenvalue weighted by Crippen LogP contribution is -2.47. The Bertz CT molecular complexity index is 1200. The van der Waals surface area contributed by atoms with E-state index in [2.05, 4.69) is 27.2 Å². The summed E-state index contributed by atoms with van der Waals surface area (Å²) in [6.45, 7) is 11.1. The van der Waals surface area contributed by atoms with Gasteiger partial charge < -0.3 is 20.7 Å². The summed E-state index contributed by atoms with van der Waals surface area (Å²) in [4.78, 5) is 22.3. The topological polar surface area (TPSA) is 83.7 Å². The lowest BCUT2D eigenvalue weighted by Gasteiger charge is -2.34. The fraction of sp³-hybridized carbons (Fsp3) is 0.429. The summed E-state index contributed by atoms with van der Waals surface area (Å²) in [5, 5.41) is 2.80. The number of allylic oxidation sites excluding steroid dienone is 1. The van der Waals surface area contributed by atoms with Crippen molar-refractivity contribution in [2.24, 2.45) is 5.73 Å². The number of carbonyl (C=O) groups is 1. The molecule has 1 saturated heterocycles. The quantitative estimate of drug-likeness (QED) is 0.579. The molecule has 1 fully saturated rings. The smallest absolute Gasteiger partial charge is 0.260 e. The van der Waals surface area contributed by atoms with Gasteiger partial charge in [-0.25, -0.2) is 4.39 Å². The van der Waals surface area contributed by atoms with Gasteiger partial charge in [0, 0.05) is 73.5 Å². The molecule has 0 aliphatic carbocycles. The molecule has 0 atom stereocenters. The summed E-state index contributed by atoms with van der Waals surface area (Å²) in [5.41, 5.74) is 9.46. The van der Waals surface area contributed by atoms with Gasteiger partial charge in [-0.1, -0.05) is 6.07 Å². The van der Waals surface area contributed by atoms with Crippen LogP contribution in [0.25, 0.3) is 11.1 Å². The van der Waals surface area contributed by atoms with E-state index in [1.807, 2.05) is 26.1 Å². The van der Waals surface area contributed by atoms with E-state index in [-0.39, 0.29) is 5.91 Å². The first-order valence-corrected chi connectivity index (χ1v) is 12.7. The minimum Gasteiger partial charge on any atom is -0.482 e. The molecule has 3 aliphatic rings. The number of hydrogen-bond acceptors (Lipinski definition) is 6. The number of rotatable bonds is 7. The predicted molar refractivity (Wildman–Crippen MR) is 140 cm³/mol. The number of nitrogens with zero attached hydrogens (tertiary/aromatic N) is 3. The van der Waals surface area contributed by atoms with E-state index >= 15 is 0 Å². The van der Waals surface area contributed by atoms with Crippen molar-refractivity contribution in [3.63, 3.8) is 0 Å². The van der Waals surface area contributed by atoms with Crippen LogP contribution in [0.4, 0.5) is 10.1 Å². The van der Waals surface area contributed by atoms with Crippen molar-refractivity contribution in [1.82, 2.24) is 14.8 Å². The Morgan fingerprint density at radius 2 is 1.86 bits per heavy atom. The highest BCUT2D eigenvalue weighted by Crippen LogP contribution is 2.44. The van der Waals surface area contributed by atoms with Gasteiger partial charge in [-0.2, -0.15) is 0 Å². The first-order valence-electron chi connectivity index (χ1n) is 12.7. The largest absolute Gasteiger partial charge is 0.482 e. The van der Waals surface area contributed by atoms with Crippen LogP contribution in [-0.2, 0) is 16.0 Å². The number of benzene rings is 1. The van der Waals surface area contributed by atoms with Crippen LogP contribution in [0.5, 0.6) is 0 Å². The number of nitrogens with two attached hydrogens (primary N) is 1. The summed E-state index contributed by atoms with van der Waals surface area (Å²) < 4.78 is 20.1. The van der Waals surface area contributed by atoms with Crippen molar-refractivity contribution < 1.29 is 13.9 Å². The molecule has 7 nitrogen and oxygen atoms in total. The normalized spacial score (nSPS) is 21.8. The number of pyridine rings is 1. The van der Waals surface area contributed by atoms with E-state index < -0.39 is 11.4 Å². The Morgan fingerprint density at radius 1 is 1.11 bits per heavy atom. The second-order valence-electron chi connectivity index (χ2n) is 10.2. The number of nitrogens with one attached hydrogen (secondary N) is 1. The van der Waals surface area contributed by atoms with Crippen molar-refractivity contribution in [3.05, 3.63) is 71.0 Å². The molecule has 5 rings (SSSR count). The minimum atomic E-state index is -0.645. The SMILES string of the molecule is CC1(C)O/C(=C2/C(=O)Nc3ccc(F)cc32)C=C1c1ccc(CCCN2CCN(CCN)CC2)nc1. The molecule has 1 aromatic heterocycles. The number of hydrogen-bond donors (Lipinski definition) is 2. The van der Waals surface area contributed by atoms with E-state index in [4.69, 9.17) is 15.5 Å². The molecule has 3 N–H and O–H groups in total. The average Bonchev–Trinajstić information content (AvgIpc) is 3.35. The third-order valence-electron chi connectivity index (χ3n) is 7.22. The molecule has 0 saturated carbocycles. The van der Waals surface area contributed by atoms with Crippen molar-refractivity contribution >= 4 is 22.7 Å². The van der Waals surface area contributed by atoms with Crippen molar-refractivity contribution in [3.8, 4) is 0 Å². The molecule has 4 heterocycles. The number of aryl methyl sites for hydroxylation is 1. The second kappa shape index (κ2) is 10.1. The number of piperazine rings is 1. The van der Waals surface area contributed by atoms with Gasteiger partial charge in [0.05, 0.1) is 5.57 Å². The van der Waals surface area contributed by atoms with E-state index in [0.29, 0.717) is 22.6 Å². The summed E-state index contributed by atoms with van der Waals surface area (Å²) in [6, 6.07) is 8.42. The maximum Gasteiger partial charge on any atom is 0.260 e. The number of amides is 1. The molecule has 190 valence electrons. The monoisotopic (exact) mass is 491 g/mol. The van der Waals surface area contributed by atoms with Crippen molar-refractivity contribution in [2.45, 2.75) is 32.3 Å². The molecule has 0 bridgehead atoms. The van der Waals surface area contributed by atoms with Crippen molar-refractivity contribution in [2.75, 3.05) is 51.1 Å².